The second-order valence-electron chi connectivity index (χ2n) is 5.01. The van der Waals surface area contributed by atoms with Gasteiger partial charge in [-0.25, -0.2) is 4.98 Å². The Balaban J connectivity index is 1.44. The number of hydrogen-bond acceptors (Lipinski definition) is 6. The Labute approximate surface area is 141 Å². The number of amides is 1. The summed E-state index contributed by atoms with van der Waals surface area (Å²) in [5.74, 6) is 0.571. The lowest BCUT2D eigenvalue weighted by Gasteiger charge is -2.18. The van der Waals surface area contributed by atoms with E-state index in [9.17, 15) is 4.79 Å². The number of benzene rings is 1. The highest BCUT2D eigenvalue weighted by molar-refractivity contribution is 7.20. The quantitative estimate of drug-likeness (QED) is 0.756. The highest BCUT2D eigenvalue weighted by Gasteiger charge is 2.15. The molecule has 1 aromatic carbocycles. The minimum absolute atomic E-state index is 0.0650. The maximum atomic E-state index is 11.3. The van der Waals surface area contributed by atoms with Gasteiger partial charge in [0.1, 0.15) is 10.8 Å². The van der Waals surface area contributed by atoms with Gasteiger partial charge in [0.05, 0.1) is 17.1 Å². The molecule has 1 aliphatic heterocycles. The normalized spacial score (nSPS) is 13.1. The predicted octanol–water partition coefficient (Wildman–Crippen LogP) is 3.81. The van der Waals surface area contributed by atoms with Crippen LogP contribution < -0.4 is 15.4 Å². The number of aromatic nitrogens is 1. The molecule has 4 rings (SSSR count). The lowest BCUT2D eigenvalue weighted by Crippen LogP contribution is -2.25. The van der Waals surface area contributed by atoms with Gasteiger partial charge in [-0.2, -0.15) is 0 Å². The Bertz CT molecular complexity index is 843. The number of fused-ring (bicyclic) bond motifs is 1. The molecule has 0 spiro atoms. The number of rotatable bonds is 4. The average molecular weight is 343 g/mol. The van der Waals surface area contributed by atoms with E-state index in [0.29, 0.717) is 18.0 Å². The van der Waals surface area contributed by atoms with Crippen LogP contribution in [-0.4, -0.2) is 17.5 Å². The third-order valence-electron chi connectivity index (χ3n) is 3.37. The van der Waals surface area contributed by atoms with E-state index >= 15 is 0 Å². The molecule has 0 aliphatic carbocycles. The van der Waals surface area contributed by atoms with Crippen molar-refractivity contribution < 1.29 is 9.53 Å². The fourth-order valence-corrected chi connectivity index (χ4v) is 3.93. The predicted molar refractivity (Wildman–Crippen MR) is 93.3 cm³/mol. The van der Waals surface area contributed by atoms with Gasteiger partial charge in [-0.05, 0) is 23.6 Å². The molecule has 0 saturated heterocycles. The summed E-state index contributed by atoms with van der Waals surface area (Å²) >= 11 is 3.38. The van der Waals surface area contributed by atoms with Gasteiger partial charge in [0, 0.05) is 22.8 Å². The number of thiophene rings is 1. The van der Waals surface area contributed by atoms with Crippen molar-refractivity contribution in [3.63, 3.8) is 0 Å². The van der Waals surface area contributed by atoms with Gasteiger partial charge in [0.25, 0.3) is 5.91 Å². The van der Waals surface area contributed by atoms with Crippen molar-refractivity contribution in [2.45, 2.75) is 6.54 Å². The maximum absolute atomic E-state index is 11.3. The van der Waals surface area contributed by atoms with Crippen LogP contribution in [0.1, 0.15) is 4.88 Å². The molecule has 7 heteroatoms. The molecule has 2 aromatic heterocycles. The summed E-state index contributed by atoms with van der Waals surface area (Å²) in [5, 5.41) is 9.25. The first kappa shape index (κ1) is 14.2. The summed E-state index contributed by atoms with van der Waals surface area (Å²) in [4.78, 5) is 18.1. The summed E-state index contributed by atoms with van der Waals surface area (Å²) < 4.78 is 5.42. The lowest BCUT2D eigenvalue weighted by atomic mass is 10.2. The molecule has 0 atom stereocenters. The van der Waals surface area contributed by atoms with Gasteiger partial charge in [-0.3, -0.25) is 4.79 Å². The molecule has 116 valence electrons. The maximum Gasteiger partial charge on any atom is 0.262 e. The zero-order valence-corrected chi connectivity index (χ0v) is 13.7. The first-order valence-corrected chi connectivity index (χ1v) is 8.77. The standard InChI is InChI=1S/C16H13N3O2S2/c20-15-9-21-13-6-10(3-4-12(13)19-15)17-7-11-8-18-16(23-11)14-2-1-5-22-14/h1-6,8,17H,7,9H2,(H,19,20). The first-order valence-electron chi connectivity index (χ1n) is 7.07. The zero-order valence-electron chi connectivity index (χ0n) is 12.0. The monoisotopic (exact) mass is 343 g/mol. The van der Waals surface area contributed by atoms with Crippen LogP contribution in [0.4, 0.5) is 11.4 Å². The molecule has 23 heavy (non-hydrogen) atoms. The van der Waals surface area contributed by atoms with Gasteiger partial charge in [0.2, 0.25) is 0 Å². The Morgan fingerprint density at radius 2 is 2.30 bits per heavy atom. The Hall–Kier alpha value is -2.38. The Morgan fingerprint density at radius 1 is 1.35 bits per heavy atom. The second kappa shape index (κ2) is 6.02. The van der Waals surface area contributed by atoms with Crippen LogP contribution in [0.2, 0.25) is 0 Å². The average Bonchev–Trinajstić information content (AvgIpc) is 3.24. The van der Waals surface area contributed by atoms with Crippen molar-refractivity contribution in [1.82, 2.24) is 4.98 Å². The molecular weight excluding hydrogens is 330 g/mol. The molecular formula is C16H13N3O2S2. The van der Waals surface area contributed by atoms with Crippen LogP contribution in [0.5, 0.6) is 5.75 Å². The third kappa shape index (κ3) is 3.06. The van der Waals surface area contributed by atoms with Crippen molar-refractivity contribution in [2.24, 2.45) is 0 Å². The lowest BCUT2D eigenvalue weighted by molar-refractivity contribution is -0.118. The molecule has 0 radical (unpaired) electrons. The van der Waals surface area contributed by atoms with Crippen molar-refractivity contribution in [3.05, 3.63) is 46.8 Å². The van der Waals surface area contributed by atoms with Crippen molar-refractivity contribution in [3.8, 4) is 15.6 Å². The van der Waals surface area contributed by atoms with E-state index in [0.717, 1.165) is 10.7 Å². The van der Waals surface area contributed by atoms with Gasteiger partial charge in [-0.15, -0.1) is 22.7 Å². The van der Waals surface area contributed by atoms with Gasteiger partial charge in [0.15, 0.2) is 6.61 Å². The molecule has 3 heterocycles. The fraction of sp³-hybridized carbons (Fsp3) is 0.125. The van der Waals surface area contributed by atoms with E-state index in [2.05, 4.69) is 27.1 Å². The largest absolute Gasteiger partial charge is 0.482 e. The number of anilines is 2. The van der Waals surface area contributed by atoms with Gasteiger partial charge < -0.3 is 15.4 Å². The number of hydrogen-bond donors (Lipinski definition) is 2. The van der Waals surface area contributed by atoms with Crippen LogP contribution in [0.25, 0.3) is 9.88 Å². The Kier molecular flexibility index (Phi) is 3.72. The number of thiazole rings is 1. The summed E-state index contributed by atoms with van der Waals surface area (Å²) in [6, 6.07) is 9.78. The van der Waals surface area contributed by atoms with E-state index < -0.39 is 0 Å². The summed E-state index contributed by atoms with van der Waals surface area (Å²) in [6.07, 6.45) is 1.90. The summed E-state index contributed by atoms with van der Waals surface area (Å²) in [7, 11) is 0. The van der Waals surface area contributed by atoms with E-state index in [1.54, 1.807) is 22.7 Å². The SMILES string of the molecule is O=C1COc2cc(NCc3cnc(-c4cccs4)s3)ccc2N1. The topological polar surface area (TPSA) is 63.2 Å². The Morgan fingerprint density at radius 3 is 3.17 bits per heavy atom. The molecule has 1 amide bonds. The molecule has 1 aliphatic rings. The molecule has 0 saturated carbocycles. The van der Waals surface area contributed by atoms with Gasteiger partial charge in [-0.1, -0.05) is 6.07 Å². The summed E-state index contributed by atoms with van der Waals surface area (Å²) in [6.45, 7) is 0.768. The van der Waals surface area contributed by atoms with Crippen molar-refractivity contribution >= 4 is 40.0 Å². The van der Waals surface area contributed by atoms with E-state index in [1.807, 2.05) is 30.5 Å². The number of nitrogens with zero attached hydrogens (tertiary/aromatic N) is 1. The van der Waals surface area contributed by atoms with Crippen LogP contribution in [0, 0.1) is 0 Å². The molecule has 3 aromatic rings. The second-order valence-corrected chi connectivity index (χ2v) is 7.07. The van der Waals surface area contributed by atoms with Crippen LogP contribution >= 0.6 is 22.7 Å². The van der Waals surface area contributed by atoms with Crippen LogP contribution in [0.15, 0.2) is 41.9 Å². The minimum atomic E-state index is -0.121. The third-order valence-corrected chi connectivity index (χ3v) is 5.40. The first-order chi connectivity index (χ1) is 11.3. The van der Waals surface area contributed by atoms with Crippen LogP contribution in [-0.2, 0) is 11.3 Å². The number of carbonyl (C=O) groups is 1. The fourth-order valence-electron chi connectivity index (χ4n) is 2.28. The zero-order chi connectivity index (χ0) is 15.6. The van der Waals surface area contributed by atoms with E-state index in [4.69, 9.17) is 4.74 Å². The smallest absolute Gasteiger partial charge is 0.262 e. The number of carbonyl (C=O) groups excluding carboxylic acids is 1. The van der Waals surface area contributed by atoms with Crippen molar-refractivity contribution in [1.29, 1.82) is 0 Å². The number of ether oxygens (including phenoxy) is 1. The van der Waals surface area contributed by atoms with Crippen molar-refractivity contribution in [2.75, 3.05) is 17.2 Å². The minimum Gasteiger partial charge on any atom is -0.482 e. The highest BCUT2D eigenvalue weighted by atomic mass is 32.1. The van der Waals surface area contributed by atoms with Crippen LogP contribution in [0.3, 0.4) is 0 Å². The molecule has 0 bridgehead atoms. The van der Waals surface area contributed by atoms with Gasteiger partial charge >= 0.3 is 0 Å². The molecule has 0 unspecified atom stereocenters. The van der Waals surface area contributed by atoms with E-state index in [-0.39, 0.29) is 12.5 Å². The number of nitrogens with one attached hydrogen (secondary N) is 2. The summed E-state index contributed by atoms with van der Waals surface area (Å²) in [5.41, 5.74) is 1.66. The molecule has 5 nitrogen and oxygen atoms in total. The molecule has 0 fully saturated rings. The van der Waals surface area contributed by atoms with E-state index in [1.165, 1.54) is 9.75 Å². The highest BCUT2D eigenvalue weighted by Crippen LogP contribution is 2.32. The molecule has 2 N–H and O–H groups in total.